The molecule has 1 N–H and O–H groups in total. The third kappa shape index (κ3) is 4.00. The van der Waals surface area contributed by atoms with Crippen LogP contribution in [0.1, 0.15) is 65.0 Å². The summed E-state index contributed by atoms with van der Waals surface area (Å²) in [6, 6.07) is 0. The van der Waals surface area contributed by atoms with Gasteiger partial charge >= 0.3 is 0 Å². The average Bonchev–Trinajstić information content (AvgIpc) is 2.87. The molecule has 0 radical (unpaired) electrons. The maximum Gasteiger partial charge on any atom is 0.160 e. The van der Waals surface area contributed by atoms with Gasteiger partial charge in [-0.1, -0.05) is 12.8 Å². The van der Waals surface area contributed by atoms with Gasteiger partial charge in [-0.2, -0.15) is 5.10 Å². The smallest absolute Gasteiger partial charge is 0.160 e. The van der Waals surface area contributed by atoms with Crippen molar-refractivity contribution in [2.45, 2.75) is 71.4 Å². The Balaban J connectivity index is 2.20. The van der Waals surface area contributed by atoms with Crippen molar-refractivity contribution in [3.05, 3.63) is 11.9 Å². The van der Waals surface area contributed by atoms with Gasteiger partial charge in [-0.3, -0.25) is 4.68 Å². The van der Waals surface area contributed by atoms with E-state index in [2.05, 4.69) is 42.8 Å². The maximum atomic E-state index is 5.57. The number of nitrogens with zero attached hydrogens (tertiary/aromatic N) is 2. The summed E-state index contributed by atoms with van der Waals surface area (Å²) in [6.07, 6.45) is 7.08. The Morgan fingerprint density at radius 3 is 2.67 bits per heavy atom. The lowest BCUT2D eigenvalue weighted by atomic mass is 9.77. The molecule has 1 heterocycles. The summed E-state index contributed by atoms with van der Waals surface area (Å²) in [5.74, 6) is 2.20. The molecule has 4 heteroatoms. The number of ether oxygens (including phenoxy) is 1. The number of rotatable bonds is 5. The largest absolute Gasteiger partial charge is 0.493 e. The first-order chi connectivity index (χ1) is 9.96. The summed E-state index contributed by atoms with van der Waals surface area (Å²) >= 11 is 0. The van der Waals surface area contributed by atoms with E-state index in [1.165, 1.54) is 31.4 Å². The second-order valence-corrected chi connectivity index (χ2v) is 7.20. The van der Waals surface area contributed by atoms with Crippen LogP contribution >= 0.6 is 0 Å². The molecule has 1 aliphatic carbocycles. The predicted octanol–water partition coefficient (Wildman–Crippen LogP) is 3.57. The Bertz CT molecular complexity index is 426. The lowest BCUT2D eigenvalue weighted by Crippen LogP contribution is -2.41. The van der Waals surface area contributed by atoms with Gasteiger partial charge in [0.1, 0.15) is 0 Å². The lowest BCUT2D eigenvalue weighted by Gasteiger charge is -2.34. The minimum Gasteiger partial charge on any atom is -0.493 e. The number of hydrogen-bond acceptors (Lipinski definition) is 3. The summed E-state index contributed by atoms with van der Waals surface area (Å²) in [5, 5.41) is 8.18. The number of nitrogens with one attached hydrogen (secondary N) is 1. The van der Waals surface area contributed by atoms with E-state index in [9.17, 15) is 0 Å². The molecule has 0 spiro atoms. The highest BCUT2D eigenvalue weighted by Gasteiger charge is 2.32. The van der Waals surface area contributed by atoms with E-state index in [0.29, 0.717) is 11.8 Å². The normalized spacial score (nSPS) is 23.3. The molecule has 4 nitrogen and oxygen atoms in total. The van der Waals surface area contributed by atoms with Crippen LogP contribution in [0.4, 0.5) is 0 Å². The fraction of sp³-hybridized carbons (Fsp3) is 0.824. The molecule has 1 aliphatic rings. The molecule has 0 aliphatic heterocycles. The molecular weight excluding hydrogens is 262 g/mol. The van der Waals surface area contributed by atoms with Crippen molar-refractivity contribution in [3.63, 3.8) is 0 Å². The molecule has 120 valence electrons. The summed E-state index contributed by atoms with van der Waals surface area (Å²) in [4.78, 5) is 0. The number of aryl methyl sites for hydroxylation is 1. The highest BCUT2D eigenvalue weighted by Crippen LogP contribution is 2.41. The van der Waals surface area contributed by atoms with Crippen LogP contribution in [-0.2, 0) is 6.54 Å². The lowest BCUT2D eigenvalue weighted by molar-refractivity contribution is 0.255. The zero-order chi connectivity index (χ0) is 15.5. The highest BCUT2D eigenvalue weighted by atomic mass is 16.5. The Kier molecular flexibility index (Phi) is 5.31. The van der Waals surface area contributed by atoms with Crippen molar-refractivity contribution >= 4 is 0 Å². The summed E-state index contributed by atoms with van der Waals surface area (Å²) in [6.45, 7) is 10.9. The zero-order valence-corrected chi connectivity index (χ0v) is 14.3. The van der Waals surface area contributed by atoms with Gasteiger partial charge in [0.2, 0.25) is 0 Å². The average molecular weight is 293 g/mol. The van der Waals surface area contributed by atoms with E-state index in [1.54, 1.807) is 7.11 Å². The van der Waals surface area contributed by atoms with Crippen LogP contribution in [0.5, 0.6) is 5.75 Å². The molecule has 2 rings (SSSR count). The van der Waals surface area contributed by atoms with Crippen molar-refractivity contribution in [1.29, 1.82) is 0 Å². The van der Waals surface area contributed by atoms with Crippen molar-refractivity contribution in [2.24, 2.45) is 5.92 Å². The zero-order valence-electron chi connectivity index (χ0n) is 14.3. The molecular formula is C17H31N3O. The number of methoxy groups -OCH3 is 1. The van der Waals surface area contributed by atoms with Crippen LogP contribution in [0.2, 0.25) is 0 Å². The highest BCUT2D eigenvalue weighted by molar-refractivity contribution is 5.30. The van der Waals surface area contributed by atoms with Crippen molar-refractivity contribution in [3.8, 4) is 5.75 Å². The molecule has 1 saturated carbocycles. The van der Waals surface area contributed by atoms with E-state index in [0.717, 1.165) is 18.8 Å². The fourth-order valence-corrected chi connectivity index (χ4v) is 3.41. The summed E-state index contributed by atoms with van der Waals surface area (Å²) in [5.41, 5.74) is 1.48. The Labute approximate surface area is 129 Å². The van der Waals surface area contributed by atoms with Gasteiger partial charge in [-0.15, -0.1) is 0 Å². The summed E-state index contributed by atoms with van der Waals surface area (Å²) < 4.78 is 7.69. The Morgan fingerprint density at radius 1 is 1.33 bits per heavy atom. The molecule has 1 aromatic rings. The van der Waals surface area contributed by atoms with Gasteiger partial charge in [0.25, 0.3) is 0 Å². The van der Waals surface area contributed by atoms with E-state index < -0.39 is 0 Å². The first-order valence-corrected chi connectivity index (χ1v) is 8.31. The van der Waals surface area contributed by atoms with E-state index in [-0.39, 0.29) is 5.54 Å². The van der Waals surface area contributed by atoms with Crippen LogP contribution in [0.3, 0.4) is 0 Å². The molecule has 2 atom stereocenters. The molecule has 1 aromatic heterocycles. The van der Waals surface area contributed by atoms with E-state index in [1.807, 2.05) is 6.20 Å². The molecule has 0 aromatic carbocycles. The first-order valence-electron chi connectivity index (χ1n) is 8.31. The van der Waals surface area contributed by atoms with Gasteiger partial charge in [0, 0.05) is 18.0 Å². The standard InChI is InChI=1S/C17H31N3O/c1-6-20-16(15(21-5)12-19-20)14-10-8-7-9-13(14)11-18-17(2,3)4/h12-14,18H,6-11H2,1-5H3. The molecule has 1 fully saturated rings. The first kappa shape index (κ1) is 16.3. The van der Waals surface area contributed by atoms with Crippen LogP contribution in [0, 0.1) is 5.92 Å². The molecule has 2 unspecified atom stereocenters. The maximum absolute atomic E-state index is 5.57. The molecule has 0 saturated heterocycles. The van der Waals surface area contributed by atoms with Gasteiger partial charge in [0.05, 0.1) is 19.0 Å². The van der Waals surface area contributed by atoms with Crippen molar-refractivity contribution in [1.82, 2.24) is 15.1 Å². The number of hydrogen-bond donors (Lipinski definition) is 1. The SMILES string of the molecule is CCn1ncc(OC)c1C1CCCCC1CNC(C)(C)C. The quantitative estimate of drug-likeness (QED) is 0.902. The summed E-state index contributed by atoms with van der Waals surface area (Å²) in [7, 11) is 1.76. The third-order valence-corrected chi connectivity index (χ3v) is 4.52. The fourth-order valence-electron chi connectivity index (χ4n) is 3.41. The second-order valence-electron chi connectivity index (χ2n) is 7.20. The number of aromatic nitrogens is 2. The third-order valence-electron chi connectivity index (χ3n) is 4.52. The molecule has 21 heavy (non-hydrogen) atoms. The molecule has 0 bridgehead atoms. The predicted molar refractivity (Wildman–Crippen MR) is 86.9 cm³/mol. The minimum absolute atomic E-state index is 0.178. The molecule has 0 amide bonds. The van der Waals surface area contributed by atoms with Crippen molar-refractivity contribution < 1.29 is 4.74 Å². The van der Waals surface area contributed by atoms with Gasteiger partial charge in [-0.25, -0.2) is 0 Å². The van der Waals surface area contributed by atoms with Gasteiger partial charge in [0.15, 0.2) is 5.75 Å². The Hall–Kier alpha value is -1.03. The van der Waals surface area contributed by atoms with Crippen molar-refractivity contribution in [2.75, 3.05) is 13.7 Å². The van der Waals surface area contributed by atoms with E-state index >= 15 is 0 Å². The van der Waals surface area contributed by atoms with Gasteiger partial charge in [-0.05, 0) is 53.0 Å². The van der Waals surface area contributed by atoms with Crippen LogP contribution < -0.4 is 10.1 Å². The van der Waals surface area contributed by atoms with Crippen LogP contribution in [-0.4, -0.2) is 29.0 Å². The monoisotopic (exact) mass is 293 g/mol. The van der Waals surface area contributed by atoms with E-state index in [4.69, 9.17) is 4.74 Å². The minimum atomic E-state index is 0.178. The second kappa shape index (κ2) is 6.82. The Morgan fingerprint density at radius 2 is 2.05 bits per heavy atom. The van der Waals surface area contributed by atoms with Crippen LogP contribution in [0.25, 0.3) is 0 Å². The topological polar surface area (TPSA) is 39.1 Å². The van der Waals surface area contributed by atoms with Gasteiger partial charge < -0.3 is 10.1 Å². The van der Waals surface area contributed by atoms with Crippen LogP contribution in [0.15, 0.2) is 6.20 Å².